The van der Waals surface area contributed by atoms with Gasteiger partial charge in [0.05, 0.1) is 6.10 Å². The second-order valence-electron chi connectivity index (χ2n) is 8.86. The second-order valence-corrected chi connectivity index (χ2v) is 8.86. The zero-order valence-corrected chi connectivity index (χ0v) is 15.9. The first-order valence-electron chi connectivity index (χ1n) is 9.37. The van der Waals surface area contributed by atoms with Crippen molar-refractivity contribution in [1.29, 1.82) is 0 Å². The highest BCUT2D eigenvalue weighted by Crippen LogP contribution is 2.57. The molecule has 1 spiro atoms. The first-order chi connectivity index (χ1) is 11.3. The van der Waals surface area contributed by atoms with Crippen LogP contribution in [-0.4, -0.2) is 25.8 Å². The number of fused-ring (bicyclic) bond motifs is 1. The molecule has 0 unspecified atom stereocenters. The lowest BCUT2D eigenvalue weighted by atomic mass is 9.56. The molecule has 0 heterocycles. The molecule has 0 amide bonds. The van der Waals surface area contributed by atoms with Crippen molar-refractivity contribution >= 4 is 5.78 Å². The zero-order valence-electron chi connectivity index (χ0n) is 15.9. The van der Waals surface area contributed by atoms with E-state index in [2.05, 4.69) is 39.8 Å². The molecule has 0 N–H and O–H groups in total. The summed E-state index contributed by atoms with van der Waals surface area (Å²) in [5.74, 6) is 1.16. The van der Waals surface area contributed by atoms with Gasteiger partial charge in [0, 0.05) is 18.9 Å². The predicted molar refractivity (Wildman–Crippen MR) is 95.5 cm³/mol. The lowest BCUT2D eigenvalue weighted by molar-refractivity contribution is -0.126. The molecule has 3 heteroatoms. The van der Waals surface area contributed by atoms with Crippen molar-refractivity contribution in [2.24, 2.45) is 22.7 Å². The second kappa shape index (κ2) is 6.42. The Hall–Kier alpha value is -0.930. The SMILES string of the molecule is COCO[C@@H]1C2=CCCC(C)(C)[C@@H]2CC[C@@]12C=C(C(C)C)C(=O)C2. The molecule has 1 saturated carbocycles. The largest absolute Gasteiger partial charge is 0.359 e. The van der Waals surface area contributed by atoms with E-state index in [1.807, 2.05) is 0 Å². The molecule has 1 fully saturated rings. The van der Waals surface area contributed by atoms with Crippen molar-refractivity contribution < 1.29 is 14.3 Å². The van der Waals surface area contributed by atoms with Crippen molar-refractivity contribution in [1.82, 2.24) is 0 Å². The van der Waals surface area contributed by atoms with Crippen molar-refractivity contribution in [3.8, 4) is 0 Å². The van der Waals surface area contributed by atoms with Crippen molar-refractivity contribution in [3.63, 3.8) is 0 Å². The third-order valence-corrected chi connectivity index (χ3v) is 6.47. The van der Waals surface area contributed by atoms with Crippen LogP contribution in [0.3, 0.4) is 0 Å². The maximum absolute atomic E-state index is 12.6. The van der Waals surface area contributed by atoms with E-state index in [1.165, 1.54) is 12.0 Å². The number of Topliss-reactive ketones (excluding diaryl/α,β-unsaturated/α-hetero) is 1. The van der Waals surface area contributed by atoms with Crippen LogP contribution in [0.25, 0.3) is 0 Å². The van der Waals surface area contributed by atoms with E-state index >= 15 is 0 Å². The van der Waals surface area contributed by atoms with Crippen LogP contribution in [0.2, 0.25) is 0 Å². The lowest BCUT2D eigenvalue weighted by Crippen LogP contribution is -2.47. The molecule has 24 heavy (non-hydrogen) atoms. The number of ether oxygens (including phenoxy) is 2. The van der Waals surface area contributed by atoms with Crippen LogP contribution in [0.1, 0.15) is 59.8 Å². The van der Waals surface area contributed by atoms with E-state index in [1.54, 1.807) is 7.11 Å². The molecular formula is C21H32O3. The van der Waals surface area contributed by atoms with Gasteiger partial charge in [-0.15, -0.1) is 0 Å². The van der Waals surface area contributed by atoms with Gasteiger partial charge in [0.25, 0.3) is 0 Å². The van der Waals surface area contributed by atoms with E-state index in [-0.39, 0.29) is 24.2 Å². The summed E-state index contributed by atoms with van der Waals surface area (Å²) in [4.78, 5) is 12.6. The summed E-state index contributed by atoms with van der Waals surface area (Å²) in [5, 5.41) is 0. The molecule has 0 bridgehead atoms. The summed E-state index contributed by atoms with van der Waals surface area (Å²) in [6, 6.07) is 0. The van der Waals surface area contributed by atoms with Crippen LogP contribution in [0, 0.1) is 22.7 Å². The smallest absolute Gasteiger partial charge is 0.159 e. The highest BCUT2D eigenvalue weighted by molar-refractivity contribution is 5.99. The van der Waals surface area contributed by atoms with E-state index in [9.17, 15) is 4.79 Å². The topological polar surface area (TPSA) is 35.5 Å². The lowest BCUT2D eigenvalue weighted by Gasteiger charge is -2.51. The number of carbonyl (C=O) groups is 1. The first-order valence-corrected chi connectivity index (χ1v) is 9.37. The van der Waals surface area contributed by atoms with Gasteiger partial charge in [0.15, 0.2) is 5.78 Å². The highest BCUT2D eigenvalue weighted by Gasteiger charge is 2.53. The van der Waals surface area contributed by atoms with Crippen molar-refractivity contribution in [2.75, 3.05) is 13.9 Å². The Kier molecular flexibility index (Phi) is 4.78. The molecule has 3 aliphatic carbocycles. The molecule has 0 aromatic heterocycles. The minimum atomic E-state index is -0.162. The minimum Gasteiger partial charge on any atom is -0.359 e. The third kappa shape index (κ3) is 2.90. The summed E-state index contributed by atoms with van der Waals surface area (Å²) in [7, 11) is 1.67. The number of allylic oxidation sites excluding steroid dienone is 2. The average molecular weight is 332 g/mol. The normalized spacial score (nSPS) is 35.2. The molecule has 3 aliphatic rings. The van der Waals surface area contributed by atoms with Crippen LogP contribution in [0.4, 0.5) is 0 Å². The van der Waals surface area contributed by atoms with E-state index < -0.39 is 0 Å². The maximum atomic E-state index is 12.6. The molecule has 0 radical (unpaired) electrons. The van der Waals surface area contributed by atoms with E-state index in [0.717, 1.165) is 24.8 Å². The van der Waals surface area contributed by atoms with Gasteiger partial charge >= 0.3 is 0 Å². The molecule has 0 aromatic rings. The number of hydrogen-bond donors (Lipinski definition) is 0. The van der Waals surface area contributed by atoms with Crippen LogP contribution < -0.4 is 0 Å². The Labute approximate surface area is 146 Å². The van der Waals surface area contributed by atoms with E-state index in [0.29, 0.717) is 23.5 Å². The van der Waals surface area contributed by atoms with Gasteiger partial charge in [-0.2, -0.15) is 0 Å². The summed E-state index contributed by atoms with van der Waals surface area (Å²) in [5.41, 5.74) is 2.57. The number of rotatable bonds is 4. The molecule has 3 nitrogen and oxygen atoms in total. The molecule has 0 aromatic carbocycles. The molecule has 134 valence electrons. The summed E-state index contributed by atoms with van der Waals surface area (Å²) < 4.78 is 11.4. The minimum absolute atomic E-state index is 0.0176. The Morgan fingerprint density at radius 3 is 2.67 bits per heavy atom. The van der Waals surface area contributed by atoms with Gasteiger partial charge in [0.1, 0.15) is 6.79 Å². The van der Waals surface area contributed by atoms with Crippen LogP contribution in [0.5, 0.6) is 0 Å². The monoisotopic (exact) mass is 332 g/mol. The van der Waals surface area contributed by atoms with Crippen molar-refractivity contribution in [3.05, 3.63) is 23.3 Å². The Morgan fingerprint density at radius 2 is 2.04 bits per heavy atom. The molecule has 0 saturated heterocycles. The van der Waals surface area contributed by atoms with Gasteiger partial charge in [0.2, 0.25) is 0 Å². The van der Waals surface area contributed by atoms with Crippen LogP contribution >= 0.6 is 0 Å². The highest BCUT2D eigenvalue weighted by atomic mass is 16.7. The first kappa shape index (κ1) is 17.9. The molecule has 0 aliphatic heterocycles. The van der Waals surface area contributed by atoms with Crippen LogP contribution in [-0.2, 0) is 14.3 Å². The zero-order chi connectivity index (χ0) is 17.5. The fraction of sp³-hybridized carbons (Fsp3) is 0.762. The fourth-order valence-electron chi connectivity index (χ4n) is 5.16. The number of methoxy groups -OCH3 is 1. The van der Waals surface area contributed by atoms with Gasteiger partial charge in [-0.3, -0.25) is 4.79 Å². The maximum Gasteiger partial charge on any atom is 0.159 e. The molecular weight excluding hydrogens is 300 g/mol. The quantitative estimate of drug-likeness (QED) is 0.554. The van der Waals surface area contributed by atoms with Gasteiger partial charge in [-0.1, -0.05) is 39.8 Å². The number of carbonyl (C=O) groups excluding carboxylic acids is 1. The van der Waals surface area contributed by atoms with E-state index in [4.69, 9.17) is 9.47 Å². The summed E-state index contributed by atoms with van der Waals surface area (Å²) in [6.07, 6.45) is 9.76. The third-order valence-electron chi connectivity index (χ3n) is 6.47. The van der Waals surface area contributed by atoms with Gasteiger partial charge in [-0.05, 0) is 54.1 Å². The molecule has 3 atom stereocenters. The number of hydrogen-bond acceptors (Lipinski definition) is 3. The summed E-state index contributed by atoms with van der Waals surface area (Å²) in [6.45, 7) is 9.27. The average Bonchev–Trinajstić information content (AvgIpc) is 2.83. The van der Waals surface area contributed by atoms with Gasteiger partial charge < -0.3 is 9.47 Å². The Morgan fingerprint density at radius 1 is 1.29 bits per heavy atom. The Balaban J connectivity index is 1.99. The standard InChI is InChI=1S/C21H32O3/c1-14(2)16-11-21(12-18(16)22)10-8-17-15(19(21)24-13-23-5)7-6-9-20(17,3)4/h7,11,14,17,19H,6,8-10,12-13H2,1-5H3/t17-,19-,21+/m1/s1. The summed E-state index contributed by atoms with van der Waals surface area (Å²) >= 11 is 0. The fourth-order valence-corrected chi connectivity index (χ4v) is 5.16. The number of ketones is 1. The predicted octanol–water partition coefficient (Wildman–Crippen LogP) is 4.67. The Bertz CT molecular complexity index is 570. The van der Waals surface area contributed by atoms with Crippen LogP contribution in [0.15, 0.2) is 23.3 Å². The van der Waals surface area contributed by atoms with Gasteiger partial charge in [-0.25, -0.2) is 0 Å². The van der Waals surface area contributed by atoms with Crippen molar-refractivity contribution in [2.45, 2.75) is 65.9 Å². The molecule has 3 rings (SSSR count).